The van der Waals surface area contributed by atoms with Gasteiger partial charge in [-0.1, -0.05) is 102 Å². The number of aliphatic carboxylic acids is 1. The van der Waals surface area contributed by atoms with Crippen LogP contribution in [0.1, 0.15) is 41.1 Å². The third-order valence-corrected chi connectivity index (χ3v) is 7.03. The highest BCUT2D eigenvalue weighted by atomic mass is 32.1. The first kappa shape index (κ1) is 25.8. The number of nitrogens with one attached hydrogen (secondary N) is 1. The van der Waals surface area contributed by atoms with E-state index in [9.17, 15) is 9.90 Å². The van der Waals surface area contributed by atoms with Gasteiger partial charge >= 0.3 is 5.97 Å². The molecule has 1 atom stereocenters. The zero-order chi connectivity index (χ0) is 27.1. The number of hydrogen-bond donors (Lipinski definition) is 2. The molecule has 0 fully saturated rings. The Balaban J connectivity index is 1.54. The van der Waals surface area contributed by atoms with Crippen molar-refractivity contribution in [1.29, 1.82) is 0 Å². The highest BCUT2D eigenvalue weighted by Gasteiger charge is 2.37. The minimum atomic E-state index is -1.24. The fourth-order valence-corrected chi connectivity index (χ4v) is 5.13. The quantitative estimate of drug-likeness (QED) is 0.120. The van der Waals surface area contributed by atoms with Gasteiger partial charge in [-0.05, 0) is 35.7 Å². The van der Waals surface area contributed by atoms with Crippen molar-refractivity contribution >= 4 is 28.1 Å². The molecular weight excluding hydrogens is 508 g/mol. The maximum absolute atomic E-state index is 12.1. The van der Waals surface area contributed by atoms with Gasteiger partial charge < -0.3 is 15.3 Å². The Bertz CT molecular complexity index is 1450. The van der Waals surface area contributed by atoms with Crippen LogP contribution >= 0.6 is 11.3 Å². The van der Waals surface area contributed by atoms with Gasteiger partial charge in [-0.15, -0.1) is 11.3 Å². The summed E-state index contributed by atoms with van der Waals surface area (Å²) in [6.45, 7) is 1.76. The zero-order valence-corrected chi connectivity index (χ0v) is 22.0. The standard InChI is InChI=1S/C31H26N4O3S/c1-22(26-19-11-12-20-32-26)38-35-28(29(36)37)27-21-39-30(33-27)34-31(23-13-5-2-6-14-23,24-15-7-3-8-16-24)25-17-9-4-10-18-25/h2-22H,1H3,(H,33,34)(H,36,37)/b35-28+. The number of rotatable bonds is 10. The van der Waals surface area contributed by atoms with Crippen molar-refractivity contribution in [2.24, 2.45) is 5.16 Å². The van der Waals surface area contributed by atoms with Crippen LogP contribution in [0.3, 0.4) is 0 Å². The van der Waals surface area contributed by atoms with Gasteiger partial charge in [0.1, 0.15) is 11.2 Å². The summed E-state index contributed by atoms with van der Waals surface area (Å²) < 4.78 is 0. The molecule has 0 saturated carbocycles. The minimum absolute atomic E-state index is 0.200. The smallest absolute Gasteiger partial charge is 0.360 e. The topological polar surface area (TPSA) is 96.7 Å². The van der Waals surface area contributed by atoms with Crippen molar-refractivity contribution < 1.29 is 14.7 Å². The third-order valence-electron chi connectivity index (χ3n) is 6.27. The van der Waals surface area contributed by atoms with Gasteiger partial charge in [0.15, 0.2) is 11.2 Å². The van der Waals surface area contributed by atoms with Crippen LogP contribution in [0, 0.1) is 0 Å². The van der Waals surface area contributed by atoms with Crippen LogP contribution < -0.4 is 5.32 Å². The highest BCUT2D eigenvalue weighted by molar-refractivity contribution is 7.14. The number of anilines is 1. The van der Waals surface area contributed by atoms with E-state index in [1.807, 2.05) is 60.7 Å². The van der Waals surface area contributed by atoms with Crippen LogP contribution in [0.2, 0.25) is 0 Å². The lowest BCUT2D eigenvalue weighted by atomic mass is 9.77. The molecule has 2 aromatic heterocycles. The molecule has 1 unspecified atom stereocenters. The van der Waals surface area contributed by atoms with E-state index < -0.39 is 17.6 Å². The van der Waals surface area contributed by atoms with Crippen LogP contribution in [0.4, 0.5) is 5.13 Å². The van der Waals surface area contributed by atoms with Crippen LogP contribution in [0.25, 0.3) is 0 Å². The Hall–Kier alpha value is -4.82. The summed E-state index contributed by atoms with van der Waals surface area (Å²) in [5.74, 6) is -1.24. The summed E-state index contributed by atoms with van der Waals surface area (Å²) >= 11 is 1.30. The van der Waals surface area contributed by atoms with Crippen LogP contribution in [0.5, 0.6) is 0 Å². The molecule has 2 N–H and O–H groups in total. The molecule has 0 bridgehead atoms. The number of hydrogen-bond acceptors (Lipinski definition) is 7. The van der Waals surface area contributed by atoms with E-state index in [4.69, 9.17) is 4.84 Å². The van der Waals surface area contributed by atoms with Crippen molar-refractivity contribution in [3.8, 4) is 0 Å². The SMILES string of the molecule is CC(O/N=C(/C(=O)O)c1csc(NC(c2ccccc2)(c2ccccc2)c2ccccc2)n1)c1ccccn1. The van der Waals surface area contributed by atoms with Crippen molar-refractivity contribution in [2.45, 2.75) is 18.6 Å². The predicted octanol–water partition coefficient (Wildman–Crippen LogP) is 6.51. The lowest BCUT2D eigenvalue weighted by molar-refractivity contribution is -0.129. The predicted molar refractivity (Wildman–Crippen MR) is 153 cm³/mol. The van der Waals surface area contributed by atoms with Gasteiger partial charge in [-0.25, -0.2) is 9.78 Å². The number of thiazole rings is 1. The van der Waals surface area contributed by atoms with Crippen LogP contribution in [0.15, 0.2) is 126 Å². The fourth-order valence-electron chi connectivity index (χ4n) is 4.38. The van der Waals surface area contributed by atoms with E-state index in [0.29, 0.717) is 10.8 Å². The Morgan fingerprint density at radius 2 is 1.41 bits per heavy atom. The molecule has 0 saturated heterocycles. The summed E-state index contributed by atoms with van der Waals surface area (Å²) in [4.78, 5) is 26.5. The monoisotopic (exact) mass is 534 g/mol. The number of carbonyl (C=O) groups is 1. The highest BCUT2D eigenvalue weighted by Crippen LogP contribution is 2.40. The van der Waals surface area contributed by atoms with E-state index >= 15 is 0 Å². The van der Waals surface area contributed by atoms with Crippen molar-refractivity contribution in [3.05, 3.63) is 149 Å². The number of oxime groups is 1. The van der Waals surface area contributed by atoms with Gasteiger partial charge in [0, 0.05) is 11.6 Å². The van der Waals surface area contributed by atoms with Crippen molar-refractivity contribution in [1.82, 2.24) is 9.97 Å². The Morgan fingerprint density at radius 1 is 0.872 bits per heavy atom. The Labute approximate surface area is 230 Å². The zero-order valence-electron chi connectivity index (χ0n) is 21.1. The molecule has 0 aliphatic heterocycles. The molecule has 0 spiro atoms. The van der Waals surface area contributed by atoms with Gasteiger partial charge in [0.05, 0.1) is 5.69 Å². The van der Waals surface area contributed by atoms with Gasteiger partial charge in [0.2, 0.25) is 5.71 Å². The molecule has 5 aromatic rings. The number of nitrogens with zero attached hydrogens (tertiary/aromatic N) is 3. The molecule has 194 valence electrons. The third kappa shape index (κ3) is 5.56. The number of benzene rings is 3. The molecule has 0 aliphatic rings. The average Bonchev–Trinajstić information content (AvgIpc) is 3.45. The maximum atomic E-state index is 12.1. The number of carboxylic acid groups (broad SMARTS) is 1. The number of aromatic nitrogens is 2. The van der Waals surface area contributed by atoms with Crippen molar-refractivity contribution in [2.75, 3.05) is 5.32 Å². The van der Waals surface area contributed by atoms with E-state index in [1.165, 1.54) is 11.3 Å². The van der Waals surface area contributed by atoms with E-state index in [0.717, 1.165) is 16.7 Å². The molecule has 0 aliphatic carbocycles. The first-order valence-electron chi connectivity index (χ1n) is 12.4. The molecule has 39 heavy (non-hydrogen) atoms. The summed E-state index contributed by atoms with van der Waals surface area (Å²) in [6.07, 6.45) is 1.12. The second-order valence-electron chi connectivity index (χ2n) is 8.76. The summed E-state index contributed by atoms with van der Waals surface area (Å²) in [7, 11) is 0. The normalized spacial score (nSPS) is 12.5. The van der Waals surface area contributed by atoms with Crippen molar-refractivity contribution in [3.63, 3.8) is 0 Å². The lowest BCUT2D eigenvalue weighted by Gasteiger charge is -2.36. The Morgan fingerprint density at radius 3 is 1.90 bits per heavy atom. The Kier molecular flexibility index (Phi) is 7.75. The summed E-state index contributed by atoms with van der Waals surface area (Å²) in [6, 6.07) is 35.8. The molecular formula is C31H26N4O3S. The summed E-state index contributed by atoms with van der Waals surface area (Å²) in [5.41, 5.74) is 2.81. The molecule has 0 radical (unpaired) electrons. The largest absolute Gasteiger partial charge is 0.476 e. The van der Waals surface area contributed by atoms with Gasteiger partial charge in [0.25, 0.3) is 0 Å². The van der Waals surface area contributed by atoms with Crippen LogP contribution in [-0.2, 0) is 15.2 Å². The lowest BCUT2D eigenvalue weighted by Crippen LogP contribution is -2.38. The molecule has 2 heterocycles. The average molecular weight is 535 g/mol. The van der Waals surface area contributed by atoms with E-state index in [-0.39, 0.29) is 11.4 Å². The van der Waals surface area contributed by atoms with Crippen LogP contribution in [-0.4, -0.2) is 26.8 Å². The fraction of sp³-hybridized carbons (Fsp3) is 0.0968. The first-order chi connectivity index (χ1) is 19.1. The van der Waals surface area contributed by atoms with Gasteiger partial charge in [-0.2, -0.15) is 0 Å². The second kappa shape index (κ2) is 11.7. The van der Waals surface area contributed by atoms with E-state index in [2.05, 4.69) is 56.8 Å². The molecule has 5 rings (SSSR count). The first-order valence-corrected chi connectivity index (χ1v) is 13.2. The van der Waals surface area contributed by atoms with E-state index in [1.54, 1.807) is 30.6 Å². The molecule has 8 heteroatoms. The number of carboxylic acids is 1. The molecule has 3 aromatic carbocycles. The maximum Gasteiger partial charge on any atom is 0.360 e. The second-order valence-corrected chi connectivity index (χ2v) is 9.62. The minimum Gasteiger partial charge on any atom is -0.476 e. The number of pyridine rings is 1. The summed E-state index contributed by atoms with van der Waals surface area (Å²) in [5, 5.41) is 19.7. The van der Waals surface area contributed by atoms with Gasteiger partial charge in [-0.3, -0.25) is 4.98 Å². The molecule has 0 amide bonds. The molecule has 7 nitrogen and oxygen atoms in total.